The highest BCUT2D eigenvalue weighted by molar-refractivity contribution is 7.17. The summed E-state index contributed by atoms with van der Waals surface area (Å²) < 4.78 is 17.5. The lowest BCUT2D eigenvalue weighted by Gasteiger charge is -2.36. The first-order chi connectivity index (χ1) is 16.6. The monoisotopic (exact) mass is 482 g/mol. The molecule has 1 aliphatic rings. The first-order valence-corrected chi connectivity index (χ1v) is 12.1. The third-order valence-electron chi connectivity index (χ3n) is 6.11. The van der Waals surface area contributed by atoms with Crippen molar-refractivity contribution in [3.8, 4) is 23.2 Å². The number of aromatic nitrogens is 3. The van der Waals surface area contributed by atoms with Crippen molar-refractivity contribution in [1.82, 2.24) is 19.5 Å². The molecule has 1 atom stereocenters. The summed E-state index contributed by atoms with van der Waals surface area (Å²) in [4.78, 5) is 20.4. The third-order valence-corrected chi connectivity index (χ3v) is 7.19. The summed E-state index contributed by atoms with van der Waals surface area (Å²) in [7, 11) is 1.63. The SMILES string of the molecule is CCOC(=O)C1CCN([C@@H](c2cccc(OC)c2)c2sc3nc(-c4ccco4)nn3c2O)CC1. The van der Waals surface area contributed by atoms with Crippen molar-refractivity contribution in [3.63, 3.8) is 0 Å². The summed E-state index contributed by atoms with van der Waals surface area (Å²) in [6.07, 6.45) is 2.96. The van der Waals surface area contributed by atoms with E-state index in [9.17, 15) is 9.90 Å². The first-order valence-electron chi connectivity index (χ1n) is 11.3. The number of furan rings is 1. The molecule has 1 saturated heterocycles. The van der Waals surface area contributed by atoms with Gasteiger partial charge in [-0.25, -0.2) is 0 Å². The summed E-state index contributed by atoms with van der Waals surface area (Å²) >= 11 is 1.39. The van der Waals surface area contributed by atoms with Gasteiger partial charge >= 0.3 is 5.97 Å². The first kappa shape index (κ1) is 22.4. The van der Waals surface area contributed by atoms with Crippen LogP contribution >= 0.6 is 11.3 Å². The van der Waals surface area contributed by atoms with Crippen LogP contribution in [-0.2, 0) is 9.53 Å². The number of hydrogen-bond acceptors (Lipinski definition) is 9. The predicted molar refractivity (Wildman–Crippen MR) is 126 cm³/mol. The summed E-state index contributed by atoms with van der Waals surface area (Å²) in [6.45, 7) is 3.60. The molecule has 34 heavy (non-hydrogen) atoms. The fraction of sp³-hybridized carbons (Fsp3) is 0.375. The molecule has 0 spiro atoms. The molecule has 10 heteroatoms. The minimum absolute atomic E-state index is 0.0469. The molecule has 0 radical (unpaired) electrons. The number of carbonyl (C=O) groups is 1. The van der Waals surface area contributed by atoms with Crippen molar-refractivity contribution in [3.05, 3.63) is 53.1 Å². The molecule has 0 amide bonds. The molecule has 1 N–H and O–H groups in total. The number of nitrogens with zero attached hydrogens (tertiary/aromatic N) is 4. The van der Waals surface area contributed by atoms with E-state index in [0.717, 1.165) is 16.2 Å². The van der Waals surface area contributed by atoms with Crippen molar-refractivity contribution >= 4 is 22.3 Å². The Morgan fingerprint density at radius 3 is 2.79 bits per heavy atom. The number of methoxy groups -OCH3 is 1. The van der Waals surface area contributed by atoms with Gasteiger partial charge in [-0.2, -0.15) is 9.50 Å². The van der Waals surface area contributed by atoms with Crippen LogP contribution in [0.2, 0.25) is 0 Å². The van der Waals surface area contributed by atoms with Gasteiger partial charge in [0.25, 0.3) is 0 Å². The molecule has 0 unspecified atom stereocenters. The number of thiazole rings is 1. The molecule has 178 valence electrons. The summed E-state index contributed by atoms with van der Waals surface area (Å²) in [6, 6.07) is 11.2. The molecule has 4 heterocycles. The maximum absolute atomic E-state index is 12.2. The van der Waals surface area contributed by atoms with Gasteiger partial charge in [-0.1, -0.05) is 23.5 Å². The van der Waals surface area contributed by atoms with Crippen LogP contribution in [0, 0.1) is 5.92 Å². The van der Waals surface area contributed by atoms with Gasteiger partial charge < -0.3 is 19.0 Å². The summed E-state index contributed by atoms with van der Waals surface area (Å²) in [5, 5.41) is 15.7. The number of piperidine rings is 1. The average molecular weight is 483 g/mol. The number of likely N-dealkylation sites (tertiary alicyclic amines) is 1. The number of carbonyl (C=O) groups excluding carboxylic acids is 1. The van der Waals surface area contributed by atoms with Gasteiger partial charge in [0.2, 0.25) is 16.7 Å². The van der Waals surface area contributed by atoms with E-state index >= 15 is 0 Å². The van der Waals surface area contributed by atoms with Crippen molar-refractivity contribution < 1.29 is 23.8 Å². The Kier molecular flexibility index (Phi) is 6.25. The fourth-order valence-corrected chi connectivity index (χ4v) is 5.55. The van der Waals surface area contributed by atoms with Crippen LogP contribution in [0.15, 0.2) is 47.1 Å². The highest BCUT2D eigenvalue weighted by Crippen LogP contribution is 2.42. The molecule has 0 saturated carbocycles. The molecule has 0 bridgehead atoms. The smallest absolute Gasteiger partial charge is 0.309 e. The van der Waals surface area contributed by atoms with Crippen molar-refractivity contribution in [1.29, 1.82) is 0 Å². The molecule has 5 rings (SSSR count). The zero-order valence-corrected chi connectivity index (χ0v) is 19.8. The summed E-state index contributed by atoms with van der Waals surface area (Å²) in [5.74, 6) is 1.52. The maximum atomic E-state index is 12.2. The minimum atomic E-state index is -0.237. The Morgan fingerprint density at radius 1 is 1.29 bits per heavy atom. The van der Waals surface area contributed by atoms with E-state index in [2.05, 4.69) is 15.0 Å². The molecule has 1 aromatic carbocycles. The molecule has 9 nitrogen and oxygen atoms in total. The van der Waals surface area contributed by atoms with E-state index in [1.54, 1.807) is 25.5 Å². The number of esters is 1. The van der Waals surface area contributed by atoms with Crippen LogP contribution in [0.5, 0.6) is 11.6 Å². The Bertz CT molecular complexity index is 1270. The lowest BCUT2D eigenvalue weighted by atomic mass is 9.93. The van der Waals surface area contributed by atoms with Crippen LogP contribution in [0.3, 0.4) is 0 Å². The maximum Gasteiger partial charge on any atom is 0.309 e. The second-order valence-corrected chi connectivity index (χ2v) is 9.15. The van der Waals surface area contributed by atoms with Crippen molar-refractivity contribution in [2.45, 2.75) is 25.8 Å². The Hall–Kier alpha value is -3.37. The van der Waals surface area contributed by atoms with Crippen LogP contribution in [0.25, 0.3) is 16.5 Å². The van der Waals surface area contributed by atoms with Crippen LogP contribution in [0.1, 0.15) is 36.2 Å². The summed E-state index contributed by atoms with van der Waals surface area (Å²) in [5.41, 5.74) is 0.986. The van der Waals surface area contributed by atoms with Gasteiger partial charge in [0.1, 0.15) is 5.75 Å². The zero-order chi connectivity index (χ0) is 23.7. The van der Waals surface area contributed by atoms with E-state index in [-0.39, 0.29) is 23.8 Å². The zero-order valence-electron chi connectivity index (χ0n) is 19.0. The number of fused-ring (bicyclic) bond motifs is 1. The van der Waals surface area contributed by atoms with Gasteiger partial charge in [0.05, 0.1) is 36.8 Å². The third kappa shape index (κ3) is 4.14. The van der Waals surface area contributed by atoms with Crippen LogP contribution < -0.4 is 4.74 Å². The predicted octanol–water partition coefficient (Wildman–Crippen LogP) is 4.13. The number of hydrogen-bond donors (Lipinski definition) is 1. The molecule has 0 aliphatic carbocycles. The molecular weight excluding hydrogens is 456 g/mol. The topological polar surface area (TPSA) is 102 Å². The van der Waals surface area contributed by atoms with E-state index in [1.165, 1.54) is 15.9 Å². The van der Waals surface area contributed by atoms with Gasteiger partial charge in [0, 0.05) is 0 Å². The Balaban J connectivity index is 1.50. The van der Waals surface area contributed by atoms with E-state index in [4.69, 9.17) is 13.9 Å². The highest BCUT2D eigenvalue weighted by atomic mass is 32.1. The van der Waals surface area contributed by atoms with Gasteiger partial charge in [0.15, 0.2) is 5.76 Å². The Labute approximate surface area is 200 Å². The minimum Gasteiger partial charge on any atom is -0.497 e. The largest absolute Gasteiger partial charge is 0.497 e. The quantitative estimate of drug-likeness (QED) is 0.392. The number of ether oxygens (including phenoxy) is 2. The van der Waals surface area contributed by atoms with Crippen molar-refractivity contribution in [2.24, 2.45) is 5.92 Å². The van der Waals surface area contributed by atoms with E-state index in [1.807, 2.05) is 31.2 Å². The van der Waals surface area contributed by atoms with Crippen LogP contribution in [-0.4, -0.2) is 57.4 Å². The number of benzene rings is 1. The number of rotatable bonds is 7. The normalized spacial score (nSPS) is 16.1. The second-order valence-electron chi connectivity index (χ2n) is 8.14. The molecule has 1 fully saturated rings. The average Bonchev–Trinajstić information content (AvgIpc) is 3.59. The fourth-order valence-electron chi connectivity index (χ4n) is 4.43. The molecule has 3 aromatic heterocycles. The van der Waals surface area contributed by atoms with Gasteiger partial charge in [-0.15, -0.1) is 5.10 Å². The Morgan fingerprint density at radius 2 is 2.12 bits per heavy atom. The molecule has 1 aliphatic heterocycles. The lowest BCUT2D eigenvalue weighted by molar-refractivity contribution is -0.149. The van der Waals surface area contributed by atoms with Gasteiger partial charge in [-0.3, -0.25) is 9.69 Å². The lowest BCUT2D eigenvalue weighted by Crippen LogP contribution is -2.39. The standard InChI is InChI=1S/C24H26N4O5S/c1-3-32-23(30)15-9-11-27(12-10-15)19(16-6-4-7-17(14-16)31-2)20-22(29)28-24(34-20)25-21(26-28)18-8-5-13-33-18/h4-8,13-15,19,29H,3,9-12H2,1-2H3/t19-/m0/s1. The molecular formula is C24H26N4O5S. The van der Waals surface area contributed by atoms with E-state index < -0.39 is 0 Å². The van der Waals surface area contributed by atoms with Crippen LogP contribution in [0.4, 0.5) is 0 Å². The number of aromatic hydroxyl groups is 1. The van der Waals surface area contributed by atoms with Gasteiger partial charge in [-0.05, 0) is 62.7 Å². The molecule has 4 aromatic rings. The van der Waals surface area contributed by atoms with Crippen molar-refractivity contribution in [2.75, 3.05) is 26.8 Å². The second kappa shape index (κ2) is 9.47. The highest BCUT2D eigenvalue weighted by Gasteiger charge is 2.34. The van der Waals surface area contributed by atoms with E-state index in [0.29, 0.717) is 49.1 Å².